The van der Waals surface area contributed by atoms with Crippen molar-refractivity contribution in [1.29, 1.82) is 5.26 Å². The number of benzene rings is 3. The van der Waals surface area contributed by atoms with Gasteiger partial charge in [-0.25, -0.2) is 0 Å². The van der Waals surface area contributed by atoms with E-state index in [9.17, 15) is 14.4 Å². The minimum Gasteiger partial charge on any atom is -0.354 e. The van der Waals surface area contributed by atoms with Gasteiger partial charge in [-0.3, -0.25) is 9.59 Å². The molecule has 4 aromatic rings. The minimum atomic E-state index is -0.711. The Bertz CT molecular complexity index is 1500. The van der Waals surface area contributed by atoms with Crippen LogP contribution in [0, 0.1) is 11.3 Å². The molecular formula is C33H34N4O3. The molecule has 2 amide bonds. The van der Waals surface area contributed by atoms with Crippen molar-refractivity contribution in [3.63, 3.8) is 0 Å². The summed E-state index contributed by atoms with van der Waals surface area (Å²) in [7, 11) is 0. The molecular weight excluding hydrogens is 500 g/mol. The van der Waals surface area contributed by atoms with Gasteiger partial charge in [-0.2, -0.15) is 5.26 Å². The third-order valence-electron chi connectivity index (χ3n) is 6.97. The first-order valence-electron chi connectivity index (χ1n) is 13.7. The van der Waals surface area contributed by atoms with Gasteiger partial charge in [-0.15, -0.1) is 0 Å². The van der Waals surface area contributed by atoms with Gasteiger partial charge in [0.1, 0.15) is 11.8 Å². The van der Waals surface area contributed by atoms with Crippen molar-refractivity contribution in [2.45, 2.75) is 51.5 Å². The number of nitrogens with one attached hydrogen (secondary N) is 3. The van der Waals surface area contributed by atoms with Gasteiger partial charge in [0.25, 0.3) is 5.91 Å². The van der Waals surface area contributed by atoms with Gasteiger partial charge in [0.2, 0.25) is 5.91 Å². The molecule has 7 nitrogen and oxygen atoms in total. The number of nitriles is 1. The van der Waals surface area contributed by atoms with Gasteiger partial charge in [0.05, 0.1) is 11.6 Å². The topological polar surface area (TPSA) is 115 Å². The number of H-pyrrole nitrogens is 1. The van der Waals surface area contributed by atoms with Crippen LogP contribution in [0.1, 0.15) is 60.5 Å². The fourth-order valence-corrected chi connectivity index (χ4v) is 4.85. The van der Waals surface area contributed by atoms with E-state index in [0.717, 1.165) is 40.6 Å². The Morgan fingerprint density at radius 1 is 0.900 bits per heavy atom. The normalized spacial score (nSPS) is 11.5. The molecule has 0 saturated carbocycles. The molecule has 1 heterocycles. The lowest BCUT2D eigenvalue weighted by Gasteiger charge is -2.19. The predicted molar refractivity (Wildman–Crippen MR) is 157 cm³/mol. The highest BCUT2D eigenvalue weighted by atomic mass is 16.2. The van der Waals surface area contributed by atoms with E-state index in [2.05, 4.69) is 33.8 Å². The molecule has 0 fully saturated rings. The maximum atomic E-state index is 13.3. The molecule has 0 radical (unpaired) electrons. The summed E-state index contributed by atoms with van der Waals surface area (Å²) in [6.45, 7) is 1.99. The van der Waals surface area contributed by atoms with Crippen molar-refractivity contribution in [3.05, 3.63) is 95.6 Å². The van der Waals surface area contributed by atoms with E-state index in [1.165, 1.54) is 0 Å². The molecule has 4 rings (SSSR count). The second-order valence-corrected chi connectivity index (χ2v) is 9.95. The molecule has 0 aliphatic carbocycles. The number of Topliss-reactive ketones (excluding diaryl/α,β-unsaturated/α-hetero) is 1. The first-order chi connectivity index (χ1) is 19.5. The van der Waals surface area contributed by atoms with E-state index in [-0.39, 0.29) is 17.6 Å². The van der Waals surface area contributed by atoms with Crippen molar-refractivity contribution >= 4 is 28.5 Å². The van der Waals surface area contributed by atoms with Gasteiger partial charge in [-0.1, -0.05) is 61.4 Å². The van der Waals surface area contributed by atoms with Crippen molar-refractivity contribution in [2.75, 3.05) is 6.54 Å². The number of rotatable bonds is 13. The SMILES string of the molecule is CC(=O)CCCCC[C@H](NC(=O)c1ccc(C#N)cc1)C(=O)NCCc1c(-c2ccccc2)[nH]c2ccccc12. The lowest BCUT2D eigenvalue weighted by molar-refractivity contribution is -0.123. The van der Waals surface area contributed by atoms with Crippen molar-refractivity contribution in [3.8, 4) is 17.3 Å². The highest BCUT2D eigenvalue weighted by molar-refractivity contribution is 5.97. The van der Waals surface area contributed by atoms with Crippen molar-refractivity contribution < 1.29 is 14.4 Å². The average molecular weight is 535 g/mol. The van der Waals surface area contributed by atoms with E-state index in [1.54, 1.807) is 31.2 Å². The number of amides is 2. The maximum absolute atomic E-state index is 13.3. The van der Waals surface area contributed by atoms with E-state index in [1.807, 2.05) is 42.5 Å². The Kier molecular flexibility index (Phi) is 9.84. The molecule has 3 aromatic carbocycles. The molecule has 0 aliphatic heterocycles. The second kappa shape index (κ2) is 13.9. The van der Waals surface area contributed by atoms with Crippen LogP contribution in [0.3, 0.4) is 0 Å². The van der Waals surface area contributed by atoms with Crippen LogP contribution >= 0.6 is 0 Å². The number of carbonyl (C=O) groups excluding carboxylic acids is 3. The van der Waals surface area contributed by atoms with Crippen LogP contribution in [0.25, 0.3) is 22.2 Å². The summed E-state index contributed by atoms with van der Waals surface area (Å²) in [5, 5.41) is 16.1. The Labute approximate surface area is 234 Å². The molecule has 3 N–H and O–H groups in total. The first-order valence-corrected chi connectivity index (χ1v) is 13.7. The van der Waals surface area contributed by atoms with E-state index >= 15 is 0 Å². The standard InChI is InChI=1S/C33H34N4O3/c1-23(38)10-4-2-7-15-30(37-32(39)26-18-16-24(22-34)17-19-26)33(40)35-21-20-28-27-13-8-9-14-29(27)36-31(28)25-11-5-3-6-12-25/h3,5-6,8-9,11-14,16-19,30,36H,2,4,7,10,15,20-21H2,1H3,(H,35,40)(H,37,39)/t30-/m0/s1. The van der Waals surface area contributed by atoms with Crippen molar-refractivity contribution in [2.24, 2.45) is 0 Å². The summed E-state index contributed by atoms with van der Waals surface area (Å²) in [5.41, 5.74) is 5.14. The van der Waals surface area contributed by atoms with Gasteiger partial charge >= 0.3 is 0 Å². The molecule has 40 heavy (non-hydrogen) atoms. The van der Waals surface area contributed by atoms with Crippen LogP contribution in [0.15, 0.2) is 78.9 Å². The predicted octanol–water partition coefficient (Wildman–Crippen LogP) is 5.70. The van der Waals surface area contributed by atoms with Crippen LogP contribution in [0.2, 0.25) is 0 Å². The summed E-state index contributed by atoms with van der Waals surface area (Å²) in [4.78, 5) is 41.0. The van der Waals surface area contributed by atoms with E-state index in [0.29, 0.717) is 43.4 Å². The zero-order valence-electron chi connectivity index (χ0n) is 22.7. The lowest BCUT2D eigenvalue weighted by Crippen LogP contribution is -2.47. The van der Waals surface area contributed by atoms with Gasteiger partial charge in [0, 0.05) is 35.1 Å². The number of nitrogens with zero attached hydrogens (tertiary/aromatic N) is 1. The first kappa shape index (κ1) is 28.3. The number of aromatic nitrogens is 1. The molecule has 204 valence electrons. The number of carbonyl (C=O) groups is 3. The number of para-hydroxylation sites is 1. The van der Waals surface area contributed by atoms with Gasteiger partial charge in [-0.05, 0) is 67.6 Å². The van der Waals surface area contributed by atoms with E-state index in [4.69, 9.17) is 5.26 Å². The molecule has 0 saturated heterocycles. The summed E-state index contributed by atoms with van der Waals surface area (Å²) in [6.07, 6.45) is 3.87. The Morgan fingerprint density at radius 2 is 1.62 bits per heavy atom. The molecule has 0 bridgehead atoms. The number of aromatic amines is 1. The number of unbranched alkanes of at least 4 members (excludes halogenated alkanes) is 2. The third-order valence-corrected chi connectivity index (χ3v) is 6.97. The number of ketones is 1. The molecule has 0 unspecified atom stereocenters. The minimum absolute atomic E-state index is 0.149. The van der Waals surface area contributed by atoms with Crippen molar-refractivity contribution in [1.82, 2.24) is 15.6 Å². The summed E-state index contributed by atoms with van der Waals surface area (Å²) in [5.74, 6) is -0.457. The average Bonchev–Trinajstić information content (AvgIpc) is 3.35. The lowest BCUT2D eigenvalue weighted by atomic mass is 10.0. The zero-order valence-corrected chi connectivity index (χ0v) is 22.7. The van der Waals surface area contributed by atoms with Crippen LogP contribution in [-0.2, 0) is 16.0 Å². The molecule has 1 atom stereocenters. The van der Waals surface area contributed by atoms with Crippen LogP contribution in [0.5, 0.6) is 0 Å². The Balaban J connectivity index is 1.44. The fourth-order valence-electron chi connectivity index (χ4n) is 4.85. The Hall–Kier alpha value is -4.70. The third kappa shape index (κ3) is 7.45. The smallest absolute Gasteiger partial charge is 0.251 e. The highest BCUT2D eigenvalue weighted by Gasteiger charge is 2.22. The van der Waals surface area contributed by atoms with Crippen LogP contribution < -0.4 is 10.6 Å². The monoisotopic (exact) mass is 534 g/mol. The highest BCUT2D eigenvalue weighted by Crippen LogP contribution is 2.30. The molecule has 1 aromatic heterocycles. The summed E-state index contributed by atoms with van der Waals surface area (Å²) in [6, 6.07) is 25.9. The van der Waals surface area contributed by atoms with Crippen LogP contribution in [0.4, 0.5) is 0 Å². The number of hydrogen-bond donors (Lipinski definition) is 3. The second-order valence-electron chi connectivity index (χ2n) is 9.95. The quantitative estimate of drug-likeness (QED) is 0.191. The maximum Gasteiger partial charge on any atom is 0.251 e. The largest absolute Gasteiger partial charge is 0.354 e. The van der Waals surface area contributed by atoms with Gasteiger partial charge in [0.15, 0.2) is 0 Å². The summed E-state index contributed by atoms with van der Waals surface area (Å²) >= 11 is 0. The molecule has 0 spiro atoms. The number of fused-ring (bicyclic) bond motifs is 1. The van der Waals surface area contributed by atoms with E-state index < -0.39 is 6.04 Å². The Morgan fingerprint density at radius 3 is 2.35 bits per heavy atom. The zero-order chi connectivity index (χ0) is 28.3. The van der Waals surface area contributed by atoms with Crippen LogP contribution in [-0.4, -0.2) is 35.2 Å². The van der Waals surface area contributed by atoms with Gasteiger partial charge < -0.3 is 20.4 Å². The fraction of sp³-hybridized carbons (Fsp3) is 0.273. The molecule has 0 aliphatic rings. The number of hydrogen-bond acceptors (Lipinski definition) is 4. The summed E-state index contributed by atoms with van der Waals surface area (Å²) < 4.78 is 0. The molecule has 7 heteroatoms.